The first-order chi connectivity index (χ1) is 13.5. The van der Waals surface area contributed by atoms with Crippen molar-refractivity contribution in [2.75, 3.05) is 5.32 Å². The van der Waals surface area contributed by atoms with E-state index in [9.17, 15) is 19.2 Å². The minimum atomic E-state index is -0.640. The second-order valence-electron chi connectivity index (χ2n) is 6.66. The molecule has 0 spiro atoms. The van der Waals surface area contributed by atoms with E-state index >= 15 is 0 Å². The molecular formula is C18H18N6O4. The zero-order valence-corrected chi connectivity index (χ0v) is 14.8. The maximum Gasteiger partial charge on any atom is 0.320 e. The van der Waals surface area contributed by atoms with Crippen LogP contribution in [0.2, 0.25) is 0 Å². The van der Waals surface area contributed by atoms with Gasteiger partial charge >= 0.3 is 6.03 Å². The number of carbonyl (C=O) groups excluding carboxylic acids is 4. The lowest BCUT2D eigenvalue weighted by molar-refractivity contribution is -0.136. The zero-order valence-electron chi connectivity index (χ0n) is 14.8. The van der Waals surface area contributed by atoms with E-state index < -0.39 is 18.0 Å². The number of carbonyl (C=O) groups is 4. The van der Waals surface area contributed by atoms with Crippen LogP contribution in [0.25, 0.3) is 0 Å². The summed E-state index contributed by atoms with van der Waals surface area (Å²) in [5.41, 5.74) is 2.09. The van der Waals surface area contributed by atoms with Crippen LogP contribution in [0.4, 0.5) is 10.6 Å². The SMILES string of the molecule is O=C1CCC(N2Cc3ccc(CNC(=O)Nc4cc[nH]n4)cc3C2=O)C(=O)N1. The van der Waals surface area contributed by atoms with Crippen LogP contribution >= 0.6 is 0 Å². The van der Waals surface area contributed by atoms with Gasteiger partial charge < -0.3 is 10.2 Å². The van der Waals surface area contributed by atoms with Crippen molar-refractivity contribution in [1.29, 1.82) is 0 Å². The van der Waals surface area contributed by atoms with E-state index in [2.05, 4.69) is 26.1 Å². The molecule has 4 N–H and O–H groups in total. The Balaban J connectivity index is 1.40. The van der Waals surface area contributed by atoms with Gasteiger partial charge in [0.2, 0.25) is 11.8 Å². The molecule has 5 amide bonds. The summed E-state index contributed by atoms with van der Waals surface area (Å²) in [7, 11) is 0. The van der Waals surface area contributed by atoms with Crippen molar-refractivity contribution in [3.05, 3.63) is 47.2 Å². The van der Waals surface area contributed by atoms with Crippen molar-refractivity contribution >= 4 is 29.6 Å². The van der Waals surface area contributed by atoms with Crippen LogP contribution in [0.1, 0.15) is 34.3 Å². The van der Waals surface area contributed by atoms with Gasteiger partial charge in [0.05, 0.1) is 0 Å². The van der Waals surface area contributed by atoms with Gasteiger partial charge in [-0.2, -0.15) is 5.10 Å². The number of aromatic amines is 1. The van der Waals surface area contributed by atoms with Crippen molar-refractivity contribution in [2.45, 2.75) is 32.0 Å². The molecule has 28 heavy (non-hydrogen) atoms. The minimum Gasteiger partial charge on any atom is -0.334 e. The molecule has 2 aromatic rings. The zero-order chi connectivity index (χ0) is 19.7. The number of rotatable bonds is 4. The summed E-state index contributed by atoms with van der Waals surface area (Å²) in [6, 6.07) is 5.94. The van der Waals surface area contributed by atoms with E-state index in [1.165, 1.54) is 4.90 Å². The first kappa shape index (κ1) is 17.7. The fraction of sp³-hybridized carbons (Fsp3) is 0.278. The summed E-state index contributed by atoms with van der Waals surface area (Å²) in [4.78, 5) is 49.5. The second-order valence-corrected chi connectivity index (χ2v) is 6.66. The van der Waals surface area contributed by atoms with Crippen LogP contribution in [-0.2, 0) is 22.7 Å². The van der Waals surface area contributed by atoms with Gasteiger partial charge in [0.1, 0.15) is 6.04 Å². The van der Waals surface area contributed by atoms with Crippen LogP contribution in [-0.4, -0.2) is 44.9 Å². The third kappa shape index (κ3) is 3.43. The van der Waals surface area contributed by atoms with E-state index in [0.717, 1.165) is 11.1 Å². The maximum atomic E-state index is 12.8. The Kier molecular flexibility index (Phi) is 4.52. The number of H-pyrrole nitrogens is 1. The monoisotopic (exact) mass is 382 g/mol. The van der Waals surface area contributed by atoms with Gasteiger partial charge in [0.25, 0.3) is 5.91 Å². The summed E-state index contributed by atoms with van der Waals surface area (Å²) in [6.07, 6.45) is 2.14. The van der Waals surface area contributed by atoms with Gasteiger partial charge in [-0.1, -0.05) is 12.1 Å². The number of piperidine rings is 1. The molecule has 1 atom stereocenters. The topological polar surface area (TPSA) is 136 Å². The normalized spacial score (nSPS) is 18.6. The van der Waals surface area contributed by atoms with E-state index in [4.69, 9.17) is 0 Å². The average Bonchev–Trinajstić information content (AvgIpc) is 3.28. The summed E-state index contributed by atoms with van der Waals surface area (Å²) in [5, 5.41) is 14.0. The van der Waals surface area contributed by atoms with Crippen molar-refractivity contribution in [3.63, 3.8) is 0 Å². The predicted molar refractivity (Wildman–Crippen MR) is 96.9 cm³/mol. The molecule has 2 aliphatic rings. The fourth-order valence-corrected chi connectivity index (χ4v) is 3.38. The van der Waals surface area contributed by atoms with Crippen LogP contribution in [0, 0.1) is 0 Å². The molecule has 2 aliphatic heterocycles. The molecule has 0 bridgehead atoms. The Morgan fingerprint density at radius 3 is 2.86 bits per heavy atom. The number of nitrogens with zero attached hydrogens (tertiary/aromatic N) is 2. The Morgan fingerprint density at radius 1 is 1.25 bits per heavy atom. The summed E-state index contributed by atoms with van der Waals surface area (Å²) in [5.74, 6) is -0.588. The Hall–Kier alpha value is -3.69. The molecule has 144 valence electrons. The van der Waals surface area contributed by atoms with Crippen molar-refractivity contribution in [1.82, 2.24) is 25.7 Å². The maximum absolute atomic E-state index is 12.8. The van der Waals surface area contributed by atoms with E-state index in [0.29, 0.717) is 24.3 Å². The van der Waals surface area contributed by atoms with Crippen LogP contribution in [0.5, 0.6) is 0 Å². The number of fused-ring (bicyclic) bond motifs is 1. The Morgan fingerprint density at radius 2 is 2.11 bits per heavy atom. The van der Waals surface area contributed by atoms with Gasteiger partial charge in [0.15, 0.2) is 5.82 Å². The molecule has 10 heteroatoms. The van der Waals surface area contributed by atoms with E-state index in [1.54, 1.807) is 18.3 Å². The van der Waals surface area contributed by atoms with Crippen molar-refractivity contribution < 1.29 is 19.2 Å². The first-order valence-corrected chi connectivity index (χ1v) is 8.82. The number of hydrogen-bond acceptors (Lipinski definition) is 5. The molecule has 4 rings (SSSR count). The molecule has 10 nitrogen and oxygen atoms in total. The van der Waals surface area contributed by atoms with Crippen molar-refractivity contribution in [3.8, 4) is 0 Å². The highest BCUT2D eigenvalue weighted by Crippen LogP contribution is 2.28. The number of urea groups is 1. The lowest BCUT2D eigenvalue weighted by Crippen LogP contribution is -2.52. The molecule has 0 radical (unpaired) electrons. The predicted octanol–water partition coefficient (Wildman–Crippen LogP) is 0.492. The largest absolute Gasteiger partial charge is 0.334 e. The number of hydrogen-bond donors (Lipinski definition) is 4. The molecular weight excluding hydrogens is 364 g/mol. The third-order valence-electron chi connectivity index (χ3n) is 4.79. The lowest BCUT2D eigenvalue weighted by atomic mass is 10.0. The van der Waals surface area contributed by atoms with Crippen molar-refractivity contribution in [2.24, 2.45) is 0 Å². The van der Waals surface area contributed by atoms with Crippen LogP contribution < -0.4 is 16.0 Å². The minimum absolute atomic E-state index is 0.219. The number of anilines is 1. The molecule has 1 aromatic carbocycles. The second kappa shape index (κ2) is 7.14. The Bertz CT molecular complexity index is 955. The fourth-order valence-electron chi connectivity index (χ4n) is 3.38. The smallest absolute Gasteiger partial charge is 0.320 e. The molecule has 1 saturated heterocycles. The summed E-state index contributed by atoms with van der Waals surface area (Å²) >= 11 is 0. The number of amides is 5. The highest BCUT2D eigenvalue weighted by atomic mass is 16.2. The van der Waals surface area contributed by atoms with Gasteiger partial charge in [0, 0.05) is 37.3 Å². The van der Waals surface area contributed by atoms with Gasteiger partial charge in [-0.25, -0.2) is 4.79 Å². The lowest BCUT2D eigenvalue weighted by Gasteiger charge is -2.29. The molecule has 1 fully saturated rings. The van der Waals surface area contributed by atoms with Crippen LogP contribution in [0.15, 0.2) is 30.5 Å². The summed E-state index contributed by atoms with van der Waals surface area (Å²) in [6.45, 7) is 0.559. The number of imide groups is 1. The molecule has 1 aromatic heterocycles. The van der Waals surface area contributed by atoms with E-state index in [1.807, 2.05) is 12.1 Å². The van der Waals surface area contributed by atoms with Gasteiger partial charge in [-0.05, 0) is 23.6 Å². The highest BCUT2D eigenvalue weighted by molar-refractivity contribution is 6.05. The first-order valence-electron chi connectivity index (χ1n) is 8.82. The molecule has 0 saturated carbocycles. The van der Waals surface area contributed by atoms with Gasteiger partial charge in [-0.15, -0.1) is 0 Å². The van der Waals surface area contributed by atoms with Crippen LogP contribution in [0.3, 0.4) is 0 Å². The molecule has 0 aliphatic carbocycles. The Labute approximate surface area is 159 Å². The summed E-state index contributed by atoms with van der Waals surface area (Å²) < 4.78 is 0. The number of benzene rings is 1. The molecule has 1 unspecified atom stereocenters. The standard InChI is InChI=1S/C18H18N6O4/c25-15-4-3-13(16(26)22-15)24-9-11-2-1-10(7-12(11)17(24)27)8-19-18(28)21-14-5-6-20-23-14/h1-2,5-7,13H,3-4,8-9H2,(H,22,25,26)(H3,19,20,21,23,28). The average molecular weight is 382 g/mol. The third-order valence-corrected chi connectivity index (χ3v) is 4.79. The number of aromatic nitrogens is 2. The van der Waals surface area contributed by atoms with Gasteiger partial charge in [-0.3, -0.25) is 30.1 Å². The highest BCUT2D eigenvalue weighted by Gasteiger charge is 2.39. The molecule has 3 heterocycles. The van der Waals surface area contributed by atoms with E-state index in [-0.39, 0.29) is 24.8 Å². The quantitative estimate of drug-likeness (QED) is 0.571. The number of nitrogens with one attached hydrogen (secondary N) is 4.